The molecule has 0 radical (unpaired) electrons. The van der Waals surface area contributed by atoms with E-state index in [1.54, 1.807) is 0 Å². The van der Waals surface area contributed by atoms with Gasteiger partial charge in [0.25, 0.3) is 0 Å². The molecule has 21 heavy (non-hydrogen) atoms. The minimum atomic E-state index is -0.0629. The summed E-state index contributed by atoms with van der Waals surface area (Å²) >= 11 is 0. The van der Waals surface area contributed by atoms with E-state index in [4.69, 9.17) is 0 Å². The molecule has 0 aromatic rings. The molecule has 6 aliphatic rings. The van der Waals surface area contributed by atoms with Crippen LogP contribution in [0.1, 0.15) is 65.2 Å². The molecular formula is C18H29NO2. The maximum Gasteiger partial charge on any atom is 0.227 e. The van der Waals surface area contributed by atoms with Crippen LogP contribution >= 0.6 is 0 Å². The summed E-state index contributed by atoms with van der Waals surface area (Å²) in [5.74, 6) is 3.19. The lowest BCUT2D eigenvalue weighted by Crippen LogP contribution is -2.51. The van der Waals surface area contributed by atoms with Crippen LogP contribution in [0.15, 0.2) is 0 Å². The molecule has 0 saturated heterocycles. The molecule has 6 rings (SSSR count). The average molecular weight is 291 g/mol. The zero-order chi connectivity index (χ0) is 15.0. The lowest BCUT2D eigenvalue weighted by molar-refractivity contribution is -0.130. The van der Waals surface area contributed by atoms with Crippen molar-refractivity contribution in [2.24, 2.45) is 29.1 Å². The number of hydrogen-bond donors (Lipinski definition) is 1. The van der Waals surface area contributed by atoms with Gasteiger partial charge in [0.2, 0.25) is 5.91 Å². The fraction of sp³-hybridized carbons (Fsp3) is 0.889. The first-order valence-electron chi connectivity index (χ1n) is 8.72. The van der Waals surface area contributed by atoms with E-state index in [-0.39, 0.29) is 18.1 Å². The summed E-state index contributed by atoms with van der Waals surface area (Å²) < 4.78 is 0. The van der Waals surface area contributed by atoms with Crippen LogP contribution < -0.4 is 5.32 Å². The highest BCUT2D eigenvalue weighted by molar-refractivity contribution is 5.98. The first-order chi connectivity index (χ1) is 9.94. The normalized spacial score (nSPS) is 37.0. The summed E-state index contributed by atoms with van der Waals surface area (Å²) in [5.41, 5.74) is 0.372. The summed E-state index contributed by atoms with van der Waals surface area (Å²) in [6, 6.07) is 0. The SMILES string of the molecule is CC(C)CC(=O)CC(=O)NCC12CC3CC(C3)CC(C1)C2. The minimum absolute atomic E-state index is 0.0629. The highest BCUT2D eigenvalue weighted by atomic mass is 16.2. The van der Waals surface area contributed by atoms with Crippen LogP contribution in [0.25, 0.3) is 0 Å². The van der Waals surface area contributed by atoms with E-state index >= 15 is 0 Å². The van der Waals surface area contributed by atoms with Gasteiger partial charge >= 0.3 is 0 Å². The number of carbonyl (C=O) groups excluding carboxylic acids is 2. The molecule has 3 heteroatoms. The van der Waals surface area contributed by atoms with Gasteiger partial charge in [-0.15, -0.1) is 0 Å². The van der Waals surface area contributed by atoms with E-state index in [9.17, 15) is 9.59 Å². The van der Waals surface area contributed by atoms with Gasteiger partial charge < -0.3 is 5.32 Å². The maximum atomic E-state index is 12.0. The number of amides is 1. The third-order valence-corrected chi connectivity index (χ3v) is 5.82. The van der Waals surface area contributed by atoms with Crippen molar-refractivity contribution in [1.82, 2.24) is 5.32 Å². The van der Waals surface area contributed by atoms with Crippen molar-refractivity contribution < 1.29 is 9.59 Å². The van der Waals surface area contributed by atoms with E-state index in [2.05, 4.69) is 5.32 Å². The van der Waals surface area contributed by atoms with Crippen LogP contribution in [0.2, 0.25) is 0 Å². The zero-order valence-electron chi connectivity index (χ0n) is 13.5. The topological polar surface area (TPSA) is 46.2 Å². The Labute approximate surface area is 128 Å². The van der Waals surface area contributed by atoms with Gasteiger partial charge in [0.1, 0.15) is 5.78 Å². The summed E-state index contributed by atoms with van der Waals surface area (Å²) in [5, 5.41) is 3.06. The lowest BCUT2D eigenvalue weighted by atomic mass is 9.49. The summed E-state index contributed by atoms with van der Waals surface area (Å²) in [6.07, 6.45) is 8.80. The third kappa shape index (κ3) is 3.49. The zero-order valence-corrected chi connectivity index (χ0v) is 13.5. The Morgan fingerprint density at radius 3 is 2.33 bits per heavy atom. The molecule has 0 heterocycles. The fourth-order valence-corrected chi connectivity index (χ4v) is 5.09. The Morgan fingerprint density at radius 2 is 1.67 bits per heavy atom. The van der Waals surface area contributed by atoms with Crippen molar-refractivity contribution in [3.8, 4) is 0 Å². The Morgan fingerprint density at radius 1 is 1.05 bits per heavy atom. The van der Waals surface area contributed by atoms with Crippen molar-refractivity contribution >= 4 is 11.7 Å². The van der Waals surface area contributed by atoms with Crippen molar-refractivity contribution in [3.05, 3.63) is 0 Å². The molecule has 1 amide bonds. The van der Waals surface area contributed by atoms with E-state index in [0.717, 1.165) is 24.3 Å². The van der Waals surface area contributed by atoms with Crippen molar-refractivity contribution in [2.45, 2.75) is 65.2 Å². The Hall–Kier alpha value is -0.860. The molecular weight excluding hydrogens is 262 g/mol. The molecule has 0 spiro atoms. The first kappa shape index (κ1) is 15.1. The summed E-state index contributed by atoms with van der Waals surface area (Å²) in [6.45, 7) is 4.84. The van der Waals surface area contributed by atoms with Gasteiger partial charge in [-0.1, -0.05) is 13.8 Å². The standard InChI is InChI=1S/C18H29NO2/c1-12(2)3-16(20)7-17(21)19-11-18-8-14-4-13(5-14)6-15(9-18)10-18/h12-15H,3-11H2,1-2H3,(H,19,21). The van der Waals surface area contributed by atoms with Crippen molar-refractivity contribution in [2.75, 3.05) is 6.54 Å². The first-order valence-corrected chi connectivity index (χ1v) is 8.72. The second-order valence-electron chi connectivity index (χ2n) is 8.51. The van der Waals surface area contributed by atoms with E-state index in [1.807, 2.05) is 13.8 Å². The fourth-order valence-electron chi connectivity index (χ4n) is 5.09. The number of Topliss-reactive ketones (excluding diaryl/α,β-unsaturated/α-hetero) is 1. The monoisotopic (exact) mass is 291 g/mol. The van der Waals surface area contributed by atoms with Crippen LogP contribution in [-0.4, -0.2) is 18.2 Å². The molecule has 3 nitrogen and oxygen atoms in total. The molecule has 118 valence electrons. The molecule has 6 fully saturated rings. The largest absolute Gasteiger partial charge is 0.355 e. The Balaban J connectivity index is 1.44. The predicted molar refractivity (Wildman–Crippen MR) is 82.7 cm³/mol. The second kappa shape index (κ2) is 5.73. The molecule has 0 aromatic heterocycles. The Bertz CT molecular complexity index is 417. The molecule has 4 bridgehead atoms. The summed E-state index contributed by atoms with van der Waals surface area (Å²) in [7, 11) is 0. The van der Waals surface area contributed by atoms with Crippen LogP contribution in [0.3, 0.4) is 0 Å². The van der Waals surface area contributed by atoms with Crippen molar-refractivity contribution in [3.63, 3.8) is 0 Å². The number of ketones is 1. The quantitative estimate of drug-likeness (QED) is 0.763. The minimum Gasteiger partial charge on any atom is -0.355 e. The van der Waals surface area contributed by atoms with E-state index in [0.29, 0.717) is 17.8 Å². The second-order valence-corrected chi connectivity index (χ2v) is 8.51. The highest BCUT2D eigenvalue weighted by Gasteiger charge is 2.51. The third-order valence-electron chi connectivity index (χ3n) is 5.82. The van der Waals surface area contributed by atoms with Gasteiger partial charge in [-0.25, -0.2) is 0 Å². The molecule has 0 unspecified atom stereocenters. The molecule has 6 saturated carbocycles. The van der Waals surface area contributed by atoms with Gasteiger partial charge in [0.05, 0.1) is 6.42 Å². The number of nitrogens with one attached hydrogen (secondary N) is 1. The van der Waals surface area contributed by atoms with Crippen LogP contribution in [0.5, 0.6) is 0 Å². The van der Waals surface area contributed by atoms with E-state index in [1.165, 1.54) is 38.5 Å². The molecule has 1 N–H and O–H groups in total. The van der Waals surface area contributed by atoms with E-state index < -0.39 is 0 Å². The molecule has 0 atom stereocenters. The highest BCUT2D eigenvalue weighted by Crippen LogP contribution is 2.59. The van der Waals surface area contributed by atoms with Crippen LogP contribution in [0.4, 0.5) is 0 Å². The van der Waals surface area contributed by atoms with Gasteiger partial charge in [-0.05, 0) is 67.6 Å². The smallest absolute Gasteiger partial charge is 0.227 e. The van der Waals surface area contributed by atoms with Gasteiger partial charge in [-0.2, -0.15) is 0 Å². The van der Waals surface area contributed by atoms with Crippen LogP contribution in [0, 0.1) is 29.1 Å². The van der Waals surface area contributed by atoms with Gasteiger partial charge in [0, 0.05) is 13.0 Å². The van der Waals surface area contributed by atoms with Gasteiger partial charge in [-0.3, -0.25) is 9.59 Å². The molecule has 6 aliphatic carbocycles. The number of hydrogen-bond acceptors (Lipinski definition) is 2. The number of rotatable bonds is 6. The molecule has 0 aliphatic heterocycles. The predicted octanol–water partition coefficient (Wildman–Crippen LogP) is 3.32. The lowest BCUT2D eigenvalue weighted by Gasteiger charge is -2.57. The van der Waals surface area contributed by atoms with Crippen molar-refractivity contribution in [1.29, 1.82) is 0 Å². The molecule has 0 aromatic carbocycles. The number of carbonyl (C=O) groups is 2. The summed E-state index contributed by atoms with van der Waals surface area (Å²) in [4.78, 5) is 23.7. The maximum absolute atomic E-state index is 12.0. The average Bonchev–Trinajstić information content (AvgIpc) is 2.20. The van der Waals surface area contributed by atoms with Gasteiger partial charge in [0.15, 0.2) is 0 Å². The Kier molecular flexibility index (Phi) is 4.11. The van der Waals surface area contributed by atoms with Crippen LogP contribution in [-0.2, 0) is 9.59 Å².